The summed E-state index contributed by atoms with van der Waals surface area (Å²) in [4.78, 5) is 0. The molecule has 2 rings (SSSR count). The fraction of sp³-hybridized carbons (Fsp3) is 1.00. The van der Waals surface area contributed by atoms with Crippen molar-refractivity contribution in [3.63, 3.8) is 0 Å². The lowest BCUT2D eigenvalue weighted by Crippen LogP contribution is -2.54. The monoisotopic (exact) mass is 297 g/mol. The van der Waals surface area contributed by atoms with Crippen LogP contribution in [0.25, 0.3) is 0 Å². The van der Waals surface area contributed by atoms with Gasteiger partial charge in [0.1, 0.15) is 0 Å². The Morgan fingerprint density at radius 1 is 1.24 bits per heavy atom. The predicted molar refractivity (Wildman–Crippen MR) is 87.4 cm³/mol. The van der Waals surface area contributed by atoms with Gasteiger partial charge in [-0.05, 0) is 43.9 Å². The fourth-order valence-corrected chi connectivity index (χ4v) is 4.49. The highest BCUT2D eigenvalue weighted by Crippen LogP contribution is 2.38. The number of aliphatic hydroxyl groups is 1. The Morgan fingerprint density at radius 2 is 2.05 bits per heavy atom. The minimum atomic E-state index is -0.0582. The molecule has 2 fully saturated rings. The number of aliphatic hydroxyl groups excluding tert-OH is 1. The van der Waals surface area contributed by atoms with Crippen LogP contribution in [0, 0.1) is 11.8 Å². The predicted octanol–water partition coefficient (Wildman–Crippen LogP) is 3.50. The Kier molecular flexibility index (Phi) is 6.51. The molecule has 0 spiro atoms. The molecular weight excluding hydrogens is 262 g/mol. The van der Waals surface area contributed by atoms with Crippen LogP contribution in [-0.4, -0.2) is 36.0 Å². The molecule has 0 bridgehead atoms. The van der Waals surface area contributed by atoms with Crippen molar-refractivity contribution >= 4 is 0 Å². The van der Waals surface area contributed by atoms with E-state index in [0.717, 1.165) is 25.4 Å². The van der Waals surface area contributed by atoms with E-state index in [1.807, 2.05) is 0 Å². The summed E-state index contributed by atoms with van der Waals surface area (Å²) < 4.78 is 6.15. The zero-order chi connectivity index (χ0) is 15.3. The molecule has 0 aromatic carbocycles. The van der Waals surface area contributed by atoms with Gasteiger partial charge < -0.3 is 15.2 Å². The quantitative estimate of drug-likeness (QED) is 0.755. The molecule has 0 aliphatic heterocycles. The zero-order valence-corrected chi connectivity index (χ0v) is 14.2. The number of hydrogen-bond acceptors (Lipinski definition) is 3. The third kappa shape index (κ3) is 4.67. The molecule has 0 aromatic rings. The first-order valence-corrected chi connectivity index (χ1v) is 9.06. The van der Waals surface area contributed by atoms with Crippen LogP contribution in [0.1, 0.15) is 72.1 Å². The van der Waals surface area contributed by atoms with Gasteiger partial charge in [0.25, 0.3) is 0 Å². The Balaban J connectivity index is 1.78. The van der Waals surface area contributed by atoms with Crippen LogP contribution in [0.3, 0.4) is 0 Å². The molecule has 0 amide bonds. The van der Waals surface area contributed by atoms with Crippen LogP contribution < -0.4 is 5.32 Å². The highest BCUT2D eigenvalue weighted by molar-refractivity contribution is 4.99. The number of nitrogens with one attached hydrogen (secondary N) is 1. The Bertz CT molecular complexity index is 308. The number of hydrogen-bond donors (Lipinski definition) is 2. The van der Waals surface area contributed by atoms with Crippen LogP contribution in [-0.2, 0) is 4.74 Å². The van der Waals surface area contributed by atoms with Crippen LogP contribution >= 0.6 is 0 Å². The van der Waals surface area contributed by atoms with Gasteiger partial charge in [0.15, 0.2) is 0 Å². The first kappa shape index (κ1) is 17.2. The molecule has 2 N–H and O–H groups in total. The third-order valence-corrected chi connectivity index (χ3v) is 5.52. The van der Waals surface area contributed by atoms with Gasteiger partial charge >= 0.3 is 0 Å². The molecule has 2 saturated carbocycles. The standard InChI is InChI=1S/C18H35NO2/c1-14(2)19-18(13-20)10-5-7-16(18)9-11-21-17-8-4-6-15(3)12-17/h14-17,19-20H,4-13H2,1-3H3. The summed E-state index contributed by atoms with van der Waals surface area (Å²) in [5.74, 6) is 1.39. The Labute approximate surface area is 130 Å². The van der Waals surface area contributed by atoms with Gasteiger partial charge in [-0.15, -0.1) is 0 Å². The van der Waals surface area contributed by atoms with Crippen molar-refractivity contribution in [3.8, 4) is 0 Å². The maximum absolute atomic E-state index is 9.92. The average Bonchev–Trinajstić information content (AvgIpc) is 2.82. The van der Waals surface area contributed by atoms with Crippen molar-refractivity contribution in [2.45, 2.75) is 89.8 Å². The molecule has 21 heavy (non-hydrogen) atoms. The SMILES string of the molecule is CC1CCCC(OCCC2CCCC2(CO)NC(C)C)C1. The summed E-state index contributed by atoms with van der Waals surface area (Å²) in [6, 6.07) is 0.429. The minimum absolute atomic E-state index is 0.0582. The van der Waals surface area contributed by atoms with E-state index in [2.05, 4.69) is 26.1 Å². The van der Waals surface area contributed by atoms with Crippen molar-refractivity contribution in [2.24, 2.45) is 11.8 Å². The summed E-state index contributed by atoms with van der Waals surface area (Å²) >= 11 is 0. The van der Waals surface area contributed by atoms with E-state index in [0.29, 0.717) is 18.1 Å². The molecule has 0 radical (unpaired) electrons. The van der Waals surface area contributed by atoms with Gasteiger partial charge in [-0.25, -0.2) is 0 Å². The molecule has 2 aliphatic carbocycles. The fourth-order valence-electron chi connectivity index (χ4n) is 4.49. The minimum Gasteiger partial charge on any atom is -0.394 e. The first-order valence-electron chi connectivity index (χ1n) is 9.06. The van der Waals surface area contributed by atoms with Gasteiger partial charge in [0, 0.05) is 18.2 Å². The normalized spacial score (nSPS) is 37.3. The number of ether oxygens (including phenoxy) is 1. The Hall–Kier alpha value is -0.120. The molecule has 3 nitrogen and oxygen atoms in total. The van der Waals surface area contributed by atoms with Crippen molar-refractivity contribution in [1.82, 2.24) is 5.32 Å². The zero-order valence-electron chi connectivity index (χ0n) is 14.2. The highest BCUT2D eigenvalue weighted by atomic mass is 16.5. The van der Waals surface area contributed by atoms with Gasteiger partial charge in [-0.1, -0.05) is 40.0 Å². The summed E-state index contributed by atoms with van der Waals surface area (Å²) in [7, 11) is 0. The lowest BCUT2D eigenvalue weighted by atomic mass is 9.84. The number of rotatable bonds is 7. The van der Waals surface area contributed by atoms with Gasteiger partial charge in [-0.2, -0.15) is 0 Å². The van der Waals surface area contributed by atoms with E-state index >= 15 is 0 Å². The topological polar surface area (TPSA) is 41.5 Å². The van der Waals surface area contributed by atoms with Crippen LogP contribution in [0.5, 0.6) is 0 Å². The van der Waals surface area contributed by atoms with E-state index in [-0.39, 0.29) is 12.1 Å². The highest BCUT2D eigenvalue weighted by Gasteiger charge is 2.42. The van der Waals surface area contributed by atoms with Crippen molar-refractivity contribution in [2.75, 3.05) is 13.2 Å². The smallest absolute Gasteiger partial charge is 0.0616 e. The summed E-state index contributed by atoms with van der Waals surface area (Å²) in [6.07, 6.45) is 10.3. The molecule has 2 aliphatic rings. The van der Waals surface area contributed by atoms with E-state index < -0.39 is 0 Å². The first-order chi connectivity index (χ1) is 10.1. The second-order valence-corrected chi connectivity index (χ2v) is 7.76. The van der Waals surface area contributed by atoms with E-state index in [1.165, 1.54) is 38.5 Å². The maximum Gasteiger partial charge on any atom is 0.0616 e. The van der Waals surface area contributed by atoms with Crippen molar-refractivity contribution in [3.05, 3.63) is 0 Å². The van der Waals surface area contributed by atoms with E-state index in [4.69, 9.17) is 4.74 Å². The summed E-state index contributed by atoms with van der Waals surface area (Å²) in [6.45, 7) is 7.81. The molecule has 4 atom stereocenters. The lowest BCUT2D eigenvalue weighted by Gasteiger charge is -2.37. The molecular formula is C18H35NO2. The summed E-state index contributed by atoms with van der Waals surface area (Å²) in [5, 5.41) is 13.6. The second-order valence-electron chi connectivity index (χ2n) is 7.76. The van der Waals surface area contributed by atoms with Gasteiger partial charge in [-0.3, -0.25) is 0 Å². The van der Waals surface area contributed by atoms with Crippen LogP contribution in [0.2, 0.25) is 0 Å². The molecule has 124 valence electrons. The largest absolute Gasteiger partial charge is 0.394 e. The van der Waals surface area contributed by atoms with E-state index in [1.54, 1.807) is 0 Å². The molecule has 4 unspecified atom stereocenters. The van der Waals surface area contributed by atoms with Crippen molar-refractivity contribution < 1.29 is 9.84 Å². The van der Waals surface area contributed by atoms with E-state index in [9.17, 15) is 5.11 Å². The average molecular weight is 297 g/mol. The molecule has 3 heteroatoms. The molecule has 0 aromatic heterocycles. The Morgan fingerprint density at radius 3 is 2.71 bits per heavy atom. The van der Waals surface area contributed by atoms with Crippen molar-refractivity contribution in [1.29, 1.82) is 0 Å². The lowest BCUT2D eigenvalue weighted by molar-refractivity contribution is 0.000885. The maximum atomic E-state index is 9.92. The van der Waals surface area contributed by atoms with Crippen LogP contribution in [0.4, 0.5) is 0 Å². The molecule has 0 saturated heterocycles. The second kappa shape index (κ2) is 7.94. The van der Waals surface area contributed by atoms with Gasteiger partial charge in [0.2, 0.25) is 0 Å². The third-order valence-electron chi connectivity index (χ3n) is 5.52. The van der Waals surface area contributed by atoms with Crippen LogP contribution in [0.15, 0.2) is 0 Å². The molecule has 0 heterocycles. The van der Waals surface area contributed by atoms with Gasteiger partial charge in [0.05, 0.1) is 12.7 Å². The summed E-state index contributed by atoms with van der Waals surface area (Å²) in [5.41, 5.74) is -0.0582.